The van der Waals surface area contributed by atoms with Crippen molar-refractivity contribution >= 4 is 17.9 Å². The van der Waals surface area contributed by atoms with E-state index in [1.54, 1.807) is 0 Å². The molecule has 6 heteroatoms. The van der Waals surface area contributed by atoms with Crippen LogP contribution in [0.2, 0.25) is 0 Å². The molecule has 0 radical (unpaired) electrons. The van der Waals surface area contributed by atoms with E-state index in [1.807, 2.05) is 0 Å². The summed E-state index contributed by atoms with van der Waals surface area (Å²) < 4.78 is 16.8. The number of unbranched alkanes of at least 4 members (excludes halogenated alkanes) is 35. The summed E-state index contributed by atoms with van der Waals surface area (Å²) in [5.41, 5.74) is 0. The number of ether oxygens (including phenoxy) is 3. The highest BCUT2D eigenvalue weighted by molar-refractivity contribution is 5.71. The average molecular weight is 994 g/mol. The molecule has 71 heavy (non-hydrogen) atoms. The molecule has 1 atom stereocenters. The Morgan fingerprint density at radius 2 is 0.549 bits per heavy atom. The van der Waals surface area contributed by atoms with Crippen LogP contribution in [-0.4, -0.2) is 37.2 Å². The van der Waals surface area contributed by atoms with Gasteiger partial charge in [-0.2, -0.15) is 0 Å². The van der Waals surface area contributed by atoms with Crippen molar-refractivity contribution in [3.05, 3.63) is 60.8 Å². The first-order valence-electron chi connectivity index (χ1n) is 30.8. The van der Waals surface area contributed by atoms with Crippen LogP contribution in [-0.2, 0) is 28.6 Å². The van der Waals surface area contributed by atoms with Gasteiger partial charge in [0.2, 0.25) is 0 Å². The maximum Gasteiger partial charge on any atom is 0.306 e. The molecule has 0 aromatic heterocycles. The summed E-state index contributed by atoms with van der Waals surface area (Å²) >= 11 is 0. The molecule has 412 valence electrons. The van der Waals surface area contributed by atoms with Crippen molar-refractivity contribution in [3.8, 4) is 0 Å². The van der Waals surface area contributed by atoms with Crippen LogP contribution in [0.1, 0.15) is 316 Å². The van der Waals surface area contributed by atoms with Crippen molar-refractivity contribution in [2.24, 2.45) is 0 Å². The summed E-state index contributed by atoms with van der Waals surface area (Å²) in [6, 6.07) is 0. The van der Waals surface area contributed by atoms with Crippen LogP contribution in [0, 0.1) is 0 Å². The van der Waals surface area contributed by atoms with Crippen LogP contribution < -0.4 is 0 Å². The maximum absolute atomic E-state index is 12.8. The SMILES string of the molecule is CC/C=C\C/C=C\C/C=C\CCCCCCCCCC(=O)OC(COC(=O)CCCCCCCCC)COC(=O)CCCCCCCCCCCCCCCCCCC/C=C\C/C=C\CCCCCCC. The second-order valence-corrected chi connectivity index (χ2v) is 20.6. The van der Waals surface area contributed by atoms with E-state index in [0.29, 0.717) is 19.3 Å². The van der Waals surface area contributed by atoms with Gasteiger partial charge in [0.1, 0.15) is 13.2 Å². The summed E-state index contributed by atoms with van der Waals surface area (Å²) in [5, 5.41) is 0. The quantitative estimate of drug-likeness (QED) is 0.0261. The molecule has 0 aliphatic rings. The van der Waals surface area contributed by atoms with E-state index in [-0.39, 0.29) is 31.1 Å². The van der Waals surface area contributed by atoms with Crippen molar-refractivity contribution in [1.82, 2.24) is 0 Å². The Hall–Kier alpha value is -2.89. The number of hydrogen-bond donors (Lipinski definition) is 0. The van der Waals surface area contributed by atoms with E-state index >= 15 is 0 Å². The summed E-state index contributed by atoms with van der Waals surface area (Å²) in [4.78, 5) is 38.0. The molecular formula is C65H116O6. The van der Waals surface area contributed by atoms with Gasteiger partial charge in [-0.15, -0.1) is 0 Å². The zero-order chi connectivity index (χ0) is 51.4. The molecule has 0 N–H and O–H groups in total. The number of hydrogen-bond acceptors (Lipinski definition) is 6. The number of allylic oxidation sites excluding steroid dienone is 10. The van der Waals surface area contributed by atoms with Crippen LogP contribution in [0.5, 0.6) is 0 Å². The van der Waals surface area contributed by atoms with Crippen molar-refractivity contribution in [1.29, 1.82) is 0 Å². The minimum absolute atomic E-state index is 0.0753. The molecule has 0 bridgehead atoms. The lowest BCUT2D eigenvalue weighted by Gasteiger charge is -2.18. The molecule has 0 fully saturated rings. The predicted molar refractivity (Wildman–Crippen MR) is 307 cm³/mol. The molecule has 0 aliphatic heterocycles. The Labute approximate surface area is 440 Å². The van der Waals surface area contributed by atoms with Gasteiger partial charge in [-0.3, -0.25) is 14.4 Å². The Morgan fingerprint density at radius 3 is 0.859 bits per heavy atom. The second kappa shape index (κ2) is 59.7. The Morgan fingerprint density at radius 1 is 0.296 bits per heavy atom. The van der Waals surface area contributed by atoms with Gasteiger partial charge in [0.15, 0.2) is 6.10 Å². The average Bonchev–Trinajstić information content (AvgIpc) is 3.37. The first-order valence-corrected chi connectivity index (χ1v) is 30.8. The lowest BCUT2D eigenvalue weighted by molar-refractivity contribution is -0.167. The molecule has 0 aliphatic carbocycles. The Bertz CT molecular complexity index is 1280. The highest BCUT2D eigenvalue weighted by atomic mass is 16.6. The maximum atomic E-state index is 12.8. The smallest absolute Gasteiger partial charge is 0.306 e. The number of esters is 3. The molecule has 6 nitrogen and oxygen atoms in total. The Kier molecular flexibility index (Phi) is 57.2. The van der Waals surface area contributed by atoms with E-state index in [2.05, 4.69) is 81.5 Å². The van der Waals surface area contributed by atoms with Gasteiger partial charge in [-0.1, -0.05) is 274 Å². The zero-order valence-electron chi connectivity index (χ0n) is 47.2. The lowest BCUT2D eigenvalue weighted by atomic mass is 10.0. The second-order valence-electron chi connectivity index (χ2n) is 20.6. The van der Waals surface area contributed by atoms with Crippen molar-refractivity contribution in [2.45, 2.75) is 322 Å². The van der Waals surface area contributed by atoms with Crippen LogP contribution in [0.3, 0.4) is 0 Å². The lowest BCUT2D eigenvalue weighted by Crippen LogP contribution is -2.30. The largest absolute Gasteiger partial charge is 0.462 e. The molecule has 0 amide bonds. The van der Waals surface area contributed by atoms with E-state index < -0.39 is 6.10 Å². The minimum Gasteiger partial charge on any atom is -0.462 e. The molecule has 0 spiro atoms. The van der Waals surface area contributed by atoms with Gasteiger partial charge in [0.25, 0.3) is 0 Å². The van der Waals surface area contributed by atoms with Gasteiger partial charge in [-0.25, -0.2) is 0 Å². The Balaban J connectivity index is 4.06. The van der Waals surface area contributed by atoms with Crippen molar-refractivity contribution in [3.63, 3.8) is 0 Å². The topological polar surface area (TPSA) is 78.9 Å². The van der Waals surface area contributed by atoms with Gasteiger partial charge < -0.3 is 14.2 Å². The third kappa shape index (κ3) is 57.9. The highest BCUT2D eigenvalue weighted by Gasteiger charge is 2.19. The van der Waals surface area contributed by atoms with Crippen molar-refractivity contribution in [2.75, 3.05) is 13.2 Å². The number of rotatable bonds is 56. The molecule has 0 aromatic rings. The van der Waals surface area contributed by atoms with Gasteiger partial charge >= 0.3 is 17.9 Å². The monoisotopic (exact) mass is 993 g/mol. The molecule has 1 unspecified atom stereocenters. The molecule has 0 heterocycles. The third-order valence-corrected chi connectivity index (χ3v) is 13.5. The number of carbonyl (C=O) groups excluding carboxylic acids is 3. The highest BCUT2D eigenvalue weighted by Crippen LogP contribution is 2.17. The fourth-order valence-corrected chi connectivity index (χ4v) is 8.90. The normalized spacial score (nSPS) is 12.4. The summed E-state index contributed by atoms with van der Waals surface area (Å²) in [7, 11) is 0. The van der Waals surface area contributed by atoms with E-state index in [0.717, 1.165) is 89.9 Å². The van der Waals surface area contributed by atoms with E-state index in [1.165, 1.54) is 186 Å². The first-order chi connectivity index (χ1) is 35.0. The first kappa shape index (κ1) is 68.1. The fraction of sp³-hybridized carbons (Fsp3) is 0.800. The summed E-state index contributed by atoms with van der Waals surface area (Å²) in [6.07, 6.45) is 75.4. The van der Waals surface area contributed by atoms with Gasteiger partial charge in [0.05, 0.1) is 0 Å². The molecule has 0 saturated heterocycles. The predicted octanol–water partition coefficient (Wildman–Crippen LogP) is 20.8. The van der Waals surface area contributed by atoms with Crippen molar-refractivity contribution < 1.29 is 28.6 Å². The minimum atomic E-state index is -0.775. The van der Waals surface area contributed by atoms with Crippen LogP contribution in [0.15, 0.2) is 60.8 Å². The third-order valence-electron chi connectivity index (χ3n) is 13.5. The standard InChI is InChI=1S/C65H116O6/c1-4-7-10-13-16-18-20-22-24-26-27-28-29-30-31-32-33-34-35-36-37-39-40-42-44-46-49-52-55-58-64(67)70-61-62(60-69-63(66)57-54-51-48-15-12-9-6-3)71-65(68)59-56-53-50-47-45-43-41-38-25-23-21-19-17-14-11-8-5-2/h8,11,17,19-20,22-23,25-27,62H,4-7,9-10,12-16,18,21,24,28-61H2,1-3H3/b11-8-,19-17-,22-20-,25-23-,27-26-. The van der Waals surface area contributed by atoms with E-state index in [4.69, 9.17) is 14.2 Å². The molecule has 0 aromatic carbocycles. The van der Waals surface area contributed by atoms with Crippen LogP contribution in [0.4, 0.5) is 0 Å². The summed E-state index contributed by atoms with van der Waals surface area (Å²) in [5.74, 6) is -0.879. The fourth-order valence-electron chi connectivity index (χ4n) is 8.90. The van der Waals surface area contributed by atoms with Gasteiger partial charge in [-0.05, 0) is 83.5 Å². The zero-order valence-corrected chi connectivity index (χ0v) is 47.2. The number of carbonyl (C=O) groups is 3. The van der Waals surface area contributed by atoms with Crippen LogP contribution >= 0.6 is 0 Å². The van der Waals surface area contributed by atoms with E-state index in [9.17, 15) is 14.4 Å². The molecule has 0 rings (SSSR count). The molecule has 0 saturated carbocycles. The van der Waals surface area contributed by atoms with Gasteiger partial charge in [0, 0.05) is 19.3 Å². The van der Waals surface area contributed by atoms with Crippen LogP contribution in [0.25, 0.3) is 0 Å². The summed E-state index contributed by atoms with van der Waals surface area (Å²) in [6.45, 7) is 6.50. The molecular weight excluding hydrogens is 877 g/mol.